The Kier molecular flexibility index (Phi) is 3.30. The van der Waals surface area contributed by atoms with Crippen molar-refractivity contribution < 1.29 is 0 Å². The highest BCUT2D eigenvalue weighted by Gasteiger charge is 2.13. The maximum absolute atomic E-state index is 4.65. The first-order valence-electron chi connectivity index (χ1n) is 7.36. The molecule has 0 fully saturated rings. The van der Waals surface area contributed by atoms with E-state index in [0.717, 1.165) is 39.2 Å². The van der Waals surface area contributed by atoms with Crippen LogP contribution in [0, 0.1) is 13.8 Å². The zero-order chi connectivity index (χ0) is 16.0. The summed E-state index contributed by atoms with van der Waals surface area (Å²) in [6.45, 7) is 3.96. The molecule has 3 heterocycles. The summed E-state index contributed by atoms with van der Waals surface area (Å²) < 4.78 is 3.96. The zero-order valence-electron chi connectivity index (χ0n) is 13.2. The minimum absolute atomic E-state index is 0.652. The molecule has 0 aliphatic carbocycles. The highest BCUT2D eigenvalue weighted by Crippen LogP contribution is 2.21. The van der Waals surface area contributed by atoms with Crippen molar-refractivity contribution in [2.45, 2.75) is 24.8 Å². The lowest BCUT2D eigenvalue weighted by atomic mass is 10.3. The Morgan fingerprint density at radius 1 is 1.00 bits per heavy atom. The molecule has 7 heteroatoms. The minimum atomic E-state index is 0.652. The molecule has 116 valence electrons. The van der Waals surface area contributed by atoms with Gasteiger partial charge in [0, 0.05) is 18.4 Å². The fourth-order valence-corrected chi connectivity index (χ4v) is 3.50. The molecule has 0 bridgehead atoms. The second-order valence-corrected chi connectivity index (χ2v) is 6.45. The first kappa shape index (κ1) is 14.2. The Balaban J connectivity index is 1.66. The smallest absolute Gasteiger partial charge is 0.233 e. The summed E-state index contributed by atoms with van der Waals surface area (Å²) in [5.41, 5.74) is 4.15. The van der Waals surface area contributed by atoms with Gasteiger partial charge in [-0.25, -0.2) is 9.97 Å². The lowest BCUT2D eigenvalue weighted by Crippen LogP contribution is -1.94. The maximum Gasteiger partial charge on any atom is 0.233 e. The number of nitrogens with zero attached hydrogens (tertiary/aromatic N) is 6. The third-order valence-corrected chi connectivity index (χ3v) is 4.54. The molecule has 0 amide bonds. The average Bonchev–Trinajstić information content (AvgIpc) is 3.05. The number of hydrogen-bond donors (Lipinski definition) is 0. The van der Waals surface area contributed by atoms with Gasteiger partial charge in [0.1, 0.15) is 0 Å². The molecule has 0 saturated heterocycles. The van der Waals surface area contributed by atoms with Crippen LogP contribution in [0.3, 0.4) is 0 Å². The van der Waals surface area contributed by atoms with Crippen molar-refractivity contribution >= 4 is 28.6 Å². The van der Waals surface area contributed by atoms with Crippen molar-refractivity contribution in [1.29, 1.82) is 0 Å². The molecule has 0 atom stereocenters. The van der Waals surface area contributed by atoms with Crippen molar-refractivity contribution in [1.82, 2.24) is 29.1 Å². The molecule has 1 aromatic carbocycles. The van der Waals surface area contributed by atoms with E-state index in [1.54, 1.807) is 11.8 Å². The second-order valence-electron chi connectivity index (χ2n) is 5.51. The Morgan fingerprint density at radius 2 is 1.70 bits per heavy atom. The molecule has 0 aliphatic rings. The number of imidazole rings is 1. The predicted octanol–water partition coefficient (Wildman–Crippen LogP) is 2.92. The van der Waals surface area contributed by atoms with Crippen LogP contribution in [0.15, 0.2) is 35.5 Å². The summed E-state index contributed by atoms with van der Waals surface area (Å²) in [7, 11) is 2.01. The normalized spacial score (nSPS) is 11.6. The van der Waals surface area contributed by atoms with Crippen LogP contribution in [-0.2, 0) is 12.8 Å². The molecular formula is C16H16N6S. The second kappa shape index (κ2) is 5.34. The topological polar surface area (TPSA) is 60.9 Å². The number of aromatic nitrogens is 6. The number of aryl methyl sites for hydroxylation is 3. The number of benzene rings is 1. The Bertz CT molecular complexity index is 996. The Labute approximate surface area is 137 Å². The highest BCUT2D eigenvalue weighted by atomic mass is 32.2. The first-order valence-corrected chi connectivity index (χ1v) is 8.34. The van der Waals surface area contributed by atoms with Gasteiger partial charge in [-0.15, -0.1) is 5.10 Å². The summed E-state index contributed by atoms with van der Waals surface area (Å²) >= 11 is 1.56. The Hall–Kier alpha value is -2.41. The summed E-state index contributed by atoms with van der Waals surface area (Å²) in [6, 6.07) is 10.1. The minimum Gasteiger partial charge on any atom is -0.311 e. The van der Waals surface area contributed by atoms with Crippen LogP contribution in [0.2, 0.25) is 0 Å². The summed E-state index contributed by atoms with van der Waals surface area (Å²) in [4.78, 5) is 13.5. The van der Waals surface area contributed by atoms with Crippen molar-refractivity contribution in [3.05, 3.63) is 47.5 Å². The quantitative estimate of drug-likeness (QED) is 0.428. The van der Waals surface area contributed by atoms with Gasteiger partial charge in [0.05, 0.1) is 16.8 Å². The van der Waals surface area contributed by atoms with E-state index in [2.05, 4.69) is 36.8 Å². The van der Waals surface area contributed by atoms with Crippen molar-refractivity contribution in [3.63, 3.8) is 0 Å². The van der Waals surface area contributed by atoms with Gasteiger partial charge in [0.15, 0.2) is 11.0 Å². The largest absolute Gasteiger partial charge is 0.311 e. The lowest BCUT2D eigenvalue weighted by Gasteiger charge is -2.01. The molecule has 0 radical (unpaired) electrons. The molecule has 4 aromatic rings. The van der Waals surface area contributed by atoms with E-state index >= 15 is 0 Å². The molecule has 0 N–H and O–H groups in total. The van der Waals surface area contributed by atoms with Gasteiger partial charge in [-0.1, -0.05) is 23.9 Å². The fraction of sp³-hybridized carbons (Fsp3) is 0.250. The van der Waals surface area contributed by atoms with Crippen LogP contribution in [0.4, 0.5) is 0 Å². The highest BCUT2D eigenvalue weighted by molar-refractivity contribution is 7.98. The standard InChI is InChI=1S/C16H16N6S/c1-10-8-11(2)18-15(17-10)23-9-14-19-16-21(3)12-6-4-5-7-13(12)22(16)20-14/h4-8H,9H2,1-3H3. The molecule has 0 spiro atoms. The predicted molar refractivity (Wildman–Crippen MR) is 90.5 cm³/mol. The number of para-hydroxylation sites is 2. The van der Waals surface area contributed by atoms with Gasteiger partial charge < -0.3 is 4.57 Å². The van der Waals surface area contributed by atoms with Gasteiger partial charge in [0.25, 0.3) is 0 Å². The molecule has 3 aromatic heterocycles. The van der Waals surface area contributed by atoms with Gasteiger partial charge in [-0.05, 0) is 32.0 Å². The number of thioether (sulfide) groups is 1. The number of hydrogen-bond acceptors (Lipinski definition) is 5. The summed E-state index contributed by atoms with van der Waals surface area (Å²) in [5.74, 6) is 2.29. The fourth-order valence-electron chi connectivity index (χ4n) is 2.71. The Morgan fingerprint density at radius 3 is 2.43 bits per heavy atom. The molecule has 23 heavy (non-hydrogen) atoms. The van der Waals surface area contributed by atoms with E-state index in [9.17, 15) is 0 Å². The van der Waals surface area contributed by atoms with Crippen molar-refractivity contribution in [2.24, 2.45) is 7.05 Å². The number of rotatable bonds is 3. The SMILES string of the molecule is Cc1cc(C)nc(SCc2nc3n(C)c4ccccc4n3n2)n1. The summed E-state index contributed by atoms with van der Waals surface area (Å²) in [6.07, 6.45) is 0. The summed E-state index contributed by atoms with van der Waals surface area (Å²) in [5, 5.41) is 5.40. The van der Waals surface area contributed by atoms with Crippen LogP contribution in [0.5, 0.6) is 0 Å². The van der Waals surface area contributed by atoms with Crippen LogP contribution >= 0.6 is 11.8 Å². The molecular weight excluding hydrogens is 308 g/mol. The molecule has 0 saturated carbocycles. The van der Waals surface area contributed by atoms with Crippen LogP contribution < -0.4 is 0 Å². The molecule has 4 rings (SSSR count). The van der Waals surface area contributed by atoms with Crippen molar-refractivity contribution in [3.8, 4) is 0 Å². The van der Waals surface area contributed by atoms with E-state index in [1.165, 1.54) is 0 Å². The van der Waals surface area contributed by atoms with Crippen LogP contribution in [0.1, 0.15) is 17.2 Å². The lowest BCUT2D eigenvalue weighted by molar-refractivity contribution is 0.897. The monoisotopic (exact) mass is 324 g/mol. The van der Waals surface area contributed by atoms with Gasteiger partial charge >= 0.3 is 0 Å². The van der Waals surface area contributed by atoms with Crippen molar-refractivity contribution in [2.75, 3.05) is 0 Å². The average molecular weight is 324 g/mol. The third kappa shape index (κ3) is 2.46. The van der Waals surface area contributed by atoms with E-state index in [-0.39, 0.29) is 0 Å². The molecule has 6 nitrogen and oxygen atoms in total. The van der Waals surface area contributed by atoms with Crippen LogP contribution in [0.25, 0.3) is 16.8 Å². The van der Waals surface area contributed by atoms with Crippen LogP contribution in [-0.4, -0.2) is 29.1 Å². The zero-order valence-corrected chi connectivity index (χ0v) is 14.0. The van der Waals surface area contributed by atoms with E-state index in [0.29, 0.717) is 5.75 Å². The van der Waals surface area contributed by atoms with Gasteiger partial charge in [-0.3, -0.25) is 0 Å². The first-order chi connectivity index (χ1) is 11.1. The molecule has 0 unspecified atom stereocenters. The van der Waals surface area contributed by atoms with Gasteiger partial charge in [-0.2, -0.15) is 9.50 Å². The van der Waals surface area contributed by atoms with E-state index in [4.69, 9.17) is 0 Å². The number of fused-ring (bicyclic) bond motifs is 3. The maximum atomic E-state index is 4.65. The third-order valence-electron chi connectivity index (χ3n) is 3.70. The van der Waals surface area contributed by atoms with Gasteiger partial charge in [0.2, 0.25) is 5.78 Å². The van der Waals surface area contributed by atoms with E-state index in [1.807, 2.05) is 43.6 Å². The molecule has 0 aliphatic heterocycles. The van der Waals surface area contributed by atoms with E-state index < -0.39 is 0 Å².